The molecular weight excluding hydrogens is 558 g/mol. The van der Waals surface area contributed by atoms with Gasteiger partial charge in [0.1, 0.15) is 16.5 Å². The molecule has 0 radical (unpaired) electrons. The first kappa shape index (κ1) is 26.8. The van der Waals surface area contributed by atoms with Crippen LogP contribution in [0, 0.1) is 5.21 Å². The molecule has 3 N–H and O–H groups in total. The fraction of sp³-hybridized carbons (Fsp3) is 0.0370. The normalized spacial score (nSPS) is 13.1. The highest BCUT2D eigenvalue weighted by Crippen LogP contribution is 2.32. The number of imide groups is 1. The molecule has 1 aliphatic heterocycles. The van der Waals surface area contributed by atoms with E-state index in [1.54, 1.807) is 60.0 Å². The van der Waals surface area contributed by atoms with Crippen molar-refractivity contribution in [3.8, 4) is 17.0 Å². The first-order valence-corrected chi connectivity index (χ1v) is 12.8. The zero-order valence-corrected chi connectivity index (χ0v) is 22.2. The quantitative estimate of drug-likeness (QED) is 0.190. The highest BCUT2D eigenvalue weighted by Gasteiger charge is 2.39. The molecule has 0 atom stereocenters. The number of nitrogens with zero attached hydrogens (tertiary/aromatic N) is 3. The van der Waals surface area contributed by atoms with Crippen molar-refractivity contribution in [3.05, 3.63) is 99.7 Å². The Morgan fingerprint density at radius 1 is 1.07 bits per heavy atom. The SMILES string of the molecule is COc1ccc(N2C(=O)C(Cl)=C(Nc3cccc(C(=O)Nc4nc(-c5cccc(N([O-])O)c5)cs4)c3)C2=O)cc1. The fourth-order valence-corrected chi connectivity index (χ4v) is 4.80. The molecule has 3 amide bonds. The van der Waals surface area contributed by atoms with Gasteiger partial charge in [0, 0.05) is 22.2 Å². The molecule has 11 nitrogen and oxygen atoms in total. The van der Waals surface area contributed by atoms with Gasteiger partial charge in [-0.15, -0.1) is 11.3 Å². The van der Waals surface area contributed by atoms with Crippen LogP contribution in [0.4, 0.5) is 22.2 Å². The Balaban J connectivity index is 1.29. The number of hydrogen-bond donors (Lipinski definition) is 3. The van der Waals surface area contributed by atoms with Crippen molar-refractivity contribution in [2.75, 3.05) is 27.9 Å². The number of thiazole rings is 1. The molecule has 0 bridgehead atoms. The second kappa shape index (κ2) is 11.2. The van der Waals surface area contributed by atoms with Gasteiger partial charge in [-0.2, -0.15) is 0 Å². The topological polar surface area (TPSA) is 147 Å². The molecule has 40 heavy (non-hydrogen) atoms. The van der Waals surface area contributed by atoms with Gasteiger partial charge < -0.3 is 20.5 Å². The molecule has 5 rings (SSSR count). The average molecular weight is 577 g/mol. The third kappa shape index (κ3) is 5.37. The highest BCUT2D eigenvalue weighted by atomic mass is 35.5. The molecule has 0 saturated carbocycles. The molecule has 2 heterocycles. The summed E-state index contributed by atoms with van der Waals surface area (Å²) in [5.74, 6) is -1.22. The maximum absolute atomic E-state index is 13.1. The van der Waals surface area contributed by atoms with Crippen molar-refractivity contribution in [1.82, 2.24) is 4.98 Å². The molecule has 0 unspecified atom stereocenters. The first-order valence-electron chi connectivity index (χ1n) is 11.6. The van der Waals surface area contributed by atoms with E-state index in [0.29, 0.717) is 33.5 Å². The van der Waals surface area contributed by atoms with Crippen molar-refractivity contribution in [3.63, 3.8) is 0 Å². The Morgan fingerprint density at radius 2 is 1.82 bits per heavy atom. The van der Waals surface area contributed by atoms with Crippen molar-refractivity contribution in [1.29, 1.82) is 0 Å². The standard InChI is InChI=1S/C27H19ClN5O6S/c1-39-20-10-8-18(9-11-20)32-25(35)22(28)23(26(32)36)29-17-6-2-5-16(12-17)24(34)31-27-30-21(14-40-27)15-4-3-7-19(13-15)33(37)38/h2-14,29,37H,1H3,(H,30,31,34)/q-1. The number of ether oxygens (including phenoxy) is 1. The highest BCUT2D eigenvalue weighted by molar-refractivity contribution is 7.14. The monoisotopic (exact) mass is 576 g/mol. The molecule has 1 aliphatic rings. The summed E-state index contributed by atoms with van der Waals surface area (Å²) in [6.07, 6.45) is 0. The van der Waals surface area contributed by atoms with Crippen LogP contribution in [-0.4, -0.2) is 35.0 Å². The van der Waals surface area contributed by atoms with Gasteiger partial charge in [0.05, 0.1) is 24.2 Å². The average Bonchev–Trinajstić information content (AvgIpc) is 3.51. The van der Waals surface area contributed by atoms with Gasteiger partial charge in [-0.25, -0.2) is 9.88 Å². The minimum absolute atomic E-state index is 0.0465. The number of methoxy groups -OCH3 is 1. The third-order valence-corrected chi connectivity index (χ3v) is 6.95. The van der Waals surface area contributed by atoms with E-state index in [-0.39, 0.29) is 27.2 Å². The predicted octanol–water partition coefficient (Wildman–Crippen LogP) is 5.20. The third-order valence-electron chi connectivity index (χ3n) is 5.84. The number of carbonyl (C=O) groups excluding carboxylic acids is 3. The van der Waals surface area contributed by atoms with E-state index in [4.69, 9.17) is 21.5 Å². The lowest BCUT2D eigenvalue weighted by Gasteiger charge is -2.21. The van der Waals surface area contributed by atoms with Gasteiger partial charge >= 0.3 is 0 Å². The zero-order valence-electron chi connectivity index (χ0n) is 20.6. The van der Waals surface area contributed by atoms with E-state index in [9.17, 15) is 19.6 Å². The number of aromatic nitrogens is 1. The molecule has 0 spiro atoms. The van der Waals surface area contributed by atoms with Crippen molar-refractivity contribution in [2.24, 2.45) is 0 Å². The lowest BCUT2D eigenvalue weighted by molar-refractivity contribution is -0.120. The summed E-state index contributed by atoms with van der Waals surface area (Å²) in [4.78, 5) is 44.1. The summed E-state index contributed by atoms with van der Waals surface area (Å²) < 4.78 is 5.11. The predicted molar refractivity (Wildman–Crippen MR) is 152 cm³/mol. The summed E-state index contributed by atoms with van der Waals surface area (Å²) in [7, 11) is 1.51. The number of halogens is 1. The van der Waals surface area contributed by atoms with E-state index in [1.807, 2.05) is 0 Å². The Bertz CT molecular complexity index is 1650. The Hall–Kier alpha value is -4.75. The Kier molecular flexibility index (Phi) is 7.49. The van der Waals surface area contributed by atoms with Crippen LogP contribution in [0.15, 0.2) is 88.9 Å². The summed E-state index contributed by atoms with van der Waals surface area (Å²) in [5.41, 5.74) is 1.96. The number of amides is 3. The van der Waals surface area contributed by atoms with Crippen LogP contribution in [0.1, 0.15) is 10.4 Å². The fourth-order valence-electron chi connectivity index (χ4n) is 3.88. The van der Waals surface area contributed by atoms with Crippen molar-refractivity contribution < 1.29 is 24.3 Å². The molecule has 1 aromatic heterocycles. The molecule has 0 saturated heterocycles. The van der Waals surface area contributed by atoms with Gasteiger partial charge in [0.15, 0.2) is 5.13 Å². The van der Waals surface area contributed by atoms with Crippen molar-refractivity contribution >= 4 is 62.9 Å². The van der Waals surface area contributed by atoms with E-state index in [1.165, 1.54) is 36.6 Å². The molecule has 0 fully saturated rings. The van der Waals surface area contributed by atoms with E-state index < -0.39 is 17.7 Å². The summed E-state index contributed by atoms with van der Waals surface area (Å²) in [5, 5.41) is 27.4. The Morgan fingerprint density at radius 3 is 2.55 bits per heavy atom. The summed E-state index contributed by atoms with van der Waals surface area (Å²) in [6.45, 7) is 0. The minimum atomic E-state index is -0.680. The minimum Gasteiger partial charge on any atom is -0.733 e. The maximum atomic E-state index is 13.1. The zero-order chi connectivity index (χ0) is 28.4. The van der Waals surface area contributed by atoms with E-state index in [2.05, 4.69) is 15.6 Å². The molecular formula is C27H19ClN5O6S-. The van der Waals surface area contributed by atoms with Crippen LogP contribution in [0.5, 0.6) is 5.75 Å². The van der Waals surface area contributed by atoms with Crippen LogP contribution < -0.4 is 25.5 Å². The second-order valence-corrected chi connectivity index (χ2v) is 9.59. The summed E-state index contributed by atoms with van der Waals surface area (Å²) in [6, 6.07) is 18.9. The van der Waals surface area contributed by atoms with Crippen LogP contribution in [0.25, 0.3) is 11.3 Å². The number of nitrogens with one attached hydrogen (secondary N) is 2. The number of benzene rings is 3. The van der Waals surface area contributed by atoms with Gasteiger partial charge in [-0.05, 0) is 54.6 Å². The van der Waals surface area contributed by atoms with E-state index in [0.717, 1.165) is 4.90 Å². The molecule has 13 heteroatoms. The van der Waals surface area contributed by atoms with Crippen molar-refractivity contribution in [2.45, 2.75) is 0 Å². The molecule has 3 aromatic carbocycles. The summed E-state index contributed by atoms with van der Waals surface area (Å²) >= 11 is 7.41. The van der Waals surface area contributed by atoms with Gasteiger partial charge in [-0.3, -0.25) is 24.9 Å². The van der Waals surface area contributed by atoms with Crippen LogP contribution in [0.3, 0.4) is 0 Å². The Labute approximate surface area is 236 Å². The second-order valence-electron chi connectivity index (χ2n) is 8.35. The molecule has 202 valence electrons. The molecule has 0 aliphatic carbocycles. The number of hydrogen-bond acceptors (Lipinski definition) is 10. The lowest BCUT2D eigenvalue weighted by Crippen LogP contribution is -2.32. The largest absolute Gasteiger partial charge is 0.733 e. The van der Waals surface area contributed by atoms with E-state index >= 15 is 0 Å². The lowest BCUT2D eigenvalue weighted by atomic mass is 10.1. The first-order chi connectivity index (χ1) is 19.2. The van der Waals surface area contributed by atoms with Gasteiger partial charge in [0.25, 0.3) is 17.7 Å². The molecule has 4 aromatic rings. The smallest absolute Gasteiger partial charge is 0.283 e. The van der Waals surface area contributed by atoms with Crippen LogP contribution in [-0.2, 0) is 9.59 Å². The van der Waals surface area contributed by atoms with Gasteiger partial charge in [0.2, 0.25) is 0 Å². The number of rotatable bonds is 8. The number of carbonyl (C=O) groups is 3. The number of anilines is 4. The maximum Gasteiger partial charge on any atom is 0.283 e. The van der Waals surface area contributed by atoms with Crippen LogP contribution >= 0.6 is 22.9 Å². The van der Waals surface area contributed by atoms with Crippen LogP contribution in [0.2, 0.25) is 0 Å². The van der Waals surface area contributed by atoms with Gasteiger partial charge in [-0.1, -0.05) is 29.8 Å².